The first-order valence-corrected chi connectivity index (χ1v) is 7.22. The van der Waals surface area contributed by atoms with E-state index in [0.717, 1.165) is 18.1 Å². The van der Waals surface area contributed by atoms with Crippen molar-refractivity contribution in [1.29, 1.82) is 0 Å². The van der Waals surface area contributed by atoms with Gasteiger partial charge in [-0.3, -0.25) is 0 Å². The largest absolute Gasteiger partial charge is 0.355 e. The van der Waals surface area contributed by atoms with E-state index in [0.29, 0.717) is 5.95 Å². The van der Waals surface area contributed by atoms with Crippen LogP contribution < -0.4 is 10.2 Å². The number of benzene rings is 1. The van der Waals surface area contributed by atoms with Crippen LogP contribution in [0.2, 0.25) is 0 Å². The fourth-order valence-corrected chi connectivity index (χ4v) is 2.08. The van der Waals surface area contributed by atoms with Crippen molar-refractivity contribution < 1.29 is 0 Å². The molecule has 4 heteroatoms. The number of hydrogen-bond acceptors (Lipinski definition) is 4. The first-order valence-electron chi connectivity index (χ1n) is 7.22. The molecule has 1 heterocycles. The zero-order valence-electron chi connectivity index (χ0n) is 13.5. The fraction of sp³-hybridized carbons (Fsp3) is 0.412. The number of rotatable bonds is 4. The highest BCUT2D eigenvalue weighted by Crippen LogP contribution is 2.18. The highest BCUT2D eigenvalue weighted by Gasteiger charge is 2.13. The minimum Gasteiger partial charge on any atom is -0.355 e. The molecule has 0 fully saturated rings. The molecule has 0 radical (unpaired) electrons. The van der Waals surface area contributed by atoms with Crippen LogP contribution in [0.4, 0.5) is 11.8 Å². The summed E-state index contributed by atoms with van der Waals surface area (Å²) in [6, 6.07) is 12.4. The van der Waals surface area contributed by atoms with Crippen LogP contribution >= 0.6 is 0 Å². The van der Waals surface area contributed by atoms with Crippen molar-refractivity contribution in [2.45, 2.75) is 39.8 Å². The molecule has 0 unspecified atom stereocenters. The monoisotopic (exact) mass is 284 g/mol. The van der Waals surface area contributed by atoms with E-state index in [1.54, 1.807) is 0 Å². The zero-order valence-corrected chi connectivity index (χ0v) is 13.5. The minimum absolute atomic E-state index is 0.0525. The van der Waals surface area contributed by atoms with Crippen molar-refractivity contribution in [3.8, 4) is 0 Å². The summed E-state index contributed by atoms with van der Waals surface area (Å²) in [5.41, 5.74) is 2.18. The smallest absolute Gasteiger partial charge is 0.225 e. The Labute approximate surface area is 127 Å². The van der Waals surface area contributed by atoms with Crippen LogP contribution in [-0.2, 0) is 6.54 Å². The van der Waals surface area contributed by atoms with Crippen LogP contribution in [0.5, 0.6) is 0 Å². The maximum absolute atomic E-state index is 4.62. The van der Waals surface area contributed by atoms with Gasteiger partial charge in [-0.05, 0) is 33.3 Å². The molecule has 0 saturated heterocycles. The van der Waals surface area contributed by atoms with Crippen LogP contribution in [0.1, 0.15) is 32.0 Å². The van der Waals surface area contributed by atoms with Gasteiger partial charge >= 0.3 is 0 Å². The molecular weight excluding hydrogens is 260 g/mol. The first-order chi connectivity index (χ1) is 9.83. The number of anilines is 2. The Hall–Kier alpha value is -2.10. The number of nitrogens with one attached hydrogen (secondary N) is 1. The predicted molar refractivity (Wildman–Crippen MR) is 88.7 cm³/mol. The minimum atomic E-state index is -0.0525. The topological polar surface area (TPSA) is 41.1 Å². The summed E-state index contributed by atoms with van der Waals surface area (Å²) >= 11 is 0. The summed E-state index contributed by atoms with van der Waals surface area (Å²) in [6.45, 7) is 9.13. The Morgan fingerprint density at radius 3 is 2.38 bits per heavy atom. The molecule has 0 aliphatic carbocycles. The molecule has 21 heavy (non-hydrogen) atoms. The van der Waals surface area contributed by atoms with Crippen LogP contribution in [0.15, 0.2) is 36.4 Å². The lowest BCUT2D eigenvalue weighted by Crippen LogP contribution is -2.28. The van der Waals surface area contributed by atoms with Crippen LogP contribution in [0.25, 0.3) is 0 Å². The average Bonchev–Trinajstić information content (AvgIpc) is 2.37. The van der Waals surface area contributed by atoms with E-state index in [1.807, 2.05) is 19.1 Å². The van der Waals surface area contributed by atoms with Crippen LogP contribution in [0, 0.1) is 6.92 Å². The molecule has 0 atom stereocenters. The van der Waals surface area contributed by atoms with Crippen molar-refractivity contribution in [2.24, 2.45) is 0 Å². The second kappa shape index (κ2) is 6.12. The molecule has 0 saturated carbocycles. The van der Waals surface area contributed by atoms with Crippen molar-refractivity contribution in [2.75, 3.05) is 17.3 Å². The summed E-state index contributed by atoms with van der Waals surface area (Å²) in [7, 11) is 2.05. The van der Waals surface area contributed by atoms with E-state index in [9.17, 15) is 0 Å². The van der Waals surface area contributed by atoms with E-state index in [2.05, 4.69) is 72.3 Å². The van der Waals surface area contributed by atoms with Gasteiger partial charge in [-0.15, -0.1) is 0 Å². The Kier molecular flexibility index (Phi) is 4.46. The molecule has 1 aromatic carbocycles. The highest BCUT2D eigenvalue weighted by atomic mass is 15.2. The van der Waals surface area contributed by atoms with Gasteiger partial charge in [0.05, 0.1) is 0 Å². The van der Waals surface area contributed by atoms with Gasteiger partial charge in [-0.1, -0.05) is 30.3 Å². The van der Waals surface area contributed by atoms with E-state index < -0.39 is 0 Å². The Balaban J connectivity index is 2.19. The Morgan fingerprint density at radius 2 is 1.76 bits per heavy atom. The molecule has 1 aromatic heterocycles. The predicted octanol–water partition coefficient (Wildman–Crippen LogP) is 3.63. The lowest BCUT2D eigenvalue weighted by atomic mass is 10.1. The number of aromatic nitrogens is 2. The molecule has 1 N–H and O–H groups in total. The molecule has 0 aliphatic rings. The van der Waals surface area contributed by atoms with Crippen molar-refractivity contribution >= 4 is 11.8 Å². The first kappa shape index (κ1) is 15.3. The summed E-state index contributed by atoms with van der Waals surface area (Å²) in [4.78, 5) is 11.2. The Morgan fingerprint density at radius 1 is 1.10 bits per heavy atom. The molecule has 112 valence electrons. The van der Waals surface area contributed by atoms with E-state index >= 15 is 0 Å². The van der Waals surface area contributed by atoms with Crippen LogP contribution in [-0.4, -0.2) is 22.6 Å². The van der Waals surface area contributed by atoms with Crippen molar-refractivity contribution in [3.05, 3.63) is 47.7 Å². The summed E-state index contributed by atoms with van der Waals surface area (Å²) in [6.07, 6.45) is 0. The molecule has 2 aromatic rings. The highest BCUT2D eigenvalue weighted by molar-refractivity contribution is 5.45. The third kappa shape index (κ3) is 4.74. The van der Waals surface area contributed by atoms with Crippen molar-refractivity contribution in [1.82, 2.24) is 9.97 Å². The maximum atomic E-state index is 4.62. The summed E-state index contributed by atoms with van der Waals surface area (Å²) < 4.78 is 0. The number of hydrogen-bond donors (Lipinski definition) is 1. The molecule has 4 nitrogen and oxygen atoms in total. The van der Waals surface area contributed by atoms with E-state index in [4.69, 9.17) is 0 Å². The van der Waals surface area contributed by atoms with Gasteiger partial charge in [0.15, 0.2) is 0 Å². The molecule has 0 bridgehead atoms. The third-order valence-electron chi connectivity index (χ3n) is 2.98. The second-order valence-corrected chi connectivity index (χ2v) is 6.41. The number of aryl methyl sites for hydroxylation is 1. The molecule has 0 spiro atoms. The standard InChI is InChI=1S/C17H24N4/c1-13-11-15(19-16(18-13)20-17(2,3)4)21(5)12-14-9-7-6-8-10-14/h6-11H,12H2,1-5H3,(H,18,19,20). The zero-order chi connectivity index (χ0) is 15.5. The SMILES string of the molecule is Cc1cc(N(C)Cc2ccccc2)nc(NC(C)(C)C)n1. The van der Waals surface area contributed by atoms with Gasteiger partial charge in [0, 0.05) is 30.9 Å². The maximum Gasteiger partial charge on any atom is 0.225 e. The molecular formula is C17H24N4. The second-order valence-electron chi connectivity index (χ2n) is 6.41. The molecule has 0 amide bonds. The quantitative estimate of drug-likeness (QED) is 0.930. The van der Waals surface area contributed by atoms with Gasteiger partial charge in [0.25, 0.3) is 0 Å². The van der Waals surface area contributed by atoms with Gasteiger partial charge in [0.1, 0.15) is 5.82 Å². The third-order valence-corrected chi connectivity index (χ3v) is 2.98. The lowest BCUT2D eigenvalue weighted by molar-refractivity contribution is 0.625. The van der Waals surface area contributed by atoms with Gasteiger partial charge in [0.2, 0.25) is 5.95 Å². The molecule has 0 aliphatic heterocycles. The van der Waals surface area contributed by atoms with Gasteiger partial charge in [-0.25, -0.2) is 4.98 Å². The average molecular weight is 284 g/mol. The van der Waals surface area contributed by atoms with E-state index in [-0.39, 0.29) is 5.54 Å². The summed E-state index contributed by atoms with van der Waals surface area (Å²) in [5.74, 6) is 1.61. The summed E-state index contributed by atoms with van der Waals surface area (Å²) in [5, 5.41) is 3.33. The lowest BCUT2D eigenvalue weighted by Gasteiger charge is -2.23. The van der Waals surface area contributed by atoms with Gasteiger partial charge < -0.3 is 10.2 Å². The molecule has 2 rings (SSSR count). The van der Waals surface area contributed by atoms with Crippen molar-refractivity contribution in [3.63, 3.8) is 0 Å². The normalized spacial score (nSPS) is 11.3. The fourth-order valence-electron chi connectivity index (χ4n) is 2.08. The van der Waals surface area contributed by atoms with E-state index in [1.165, 1.54) is 5.56 Å². The Bertz CT molecular complexity index is 587. The van der Waals surface area contributed by atoms with Gasteiger partial charge in [-0.2, -0.15) is 4.98 Å². The van der Waals surface area contributed by atoms with Crippen LogP contribution in [0.3, 0.4) is 0 Å². The number of nitrogens with zero attached hydrogens (tertiary/aromatic N) is 3.